The number of hydrogen-bond acceptors (Lipinski definition) is 4. The molecule has 1 saturated carbocycles. The molecule has 0 saturated heterocycles. The Morgan fingerprint density at radius 3 is 2.62 bits per heavy atom. The summed E-state index contributed by atoms with van der Waals surface area (Å²) in [7, 11) is 0. The fraction of sp³-hybridized carbons (Fsp3) is 0.300. The van der Waals surface area contributed by atoms with Gasteiger partial charge in [0, 0.05) is 11.6 Å². The summed E-state index contributed by atoms with van der Waals surface area (Å²) >= 11 is 6.05. The van der Waals surface area contributed by atoms with Gasteiger partial charge < -0.3 is 14.8 Å². The Morgan fingerprint density at radius 1 is 1.19 bits per heavy atom. The number of hydrogen-bond donors (Lipinski definition) is 1. The predicted octanol–water partition coefficient (Wildman–Crippen LogP) is 3.59. The van der Waals surface area contributed by atoms with E-state index in [1.807, 2.05) is 19.1 Å². The number of benzene rings is 2. The van der Waals surface area contributed by atoms with Gasteiger partial charge in [-0.3, -0.25) is 4.79 Å². The average molecular weight is 374 g/mol. The van der Waals surface area contributed by atoms with E-state index in [-0.39, 0.29) is 18.6 Å². The van der Waals surface area contributed by atoms with Gasteiger partial charge in [0.15, 0.2) is 6.61 Å². The second-order valence-corrected chi connectivity index (χ2v) is 6.69. The van der Waals surface area contributed by atoms with E-state index in [0.29, 0.717) is 16.3 Å². The Labute approximate surface area is 157 Å². The van der Waals surface area contributed by atoms with Gasteiger partial charge in [-0.15, -0.1) is 0 Å². The van der Waals surface area contributed by atoms with Gasteiger partial charge in [-0.1, -0.05) is 48.0 Å². The molecule has 1 atom stereocenters. The molecule has 3 rings (SSSR count). The molecule has 1 N–H and O–H groups in total. The first kappa shape index (κ1) is 18.3. The van der Waals surface area contributed by atoms with Crippen LogP contribution in [0.4, 0.5) is 0 Å². The predicted molar refractivity (Wildman–Crippen MR) is 98.1 cm³/mol. The number of nitrogens with one attached hydrogen (secondary N) is 1. The molecule has 0 bridgehead atoms. The molecule has 1 aliphatic carbocycles. The van der Waals surface area contributed by atoms with Gasteiger partial charge in [0.1, 0.15) is 5.75 Å². The molecular weight excluding hydrogens is 354 g/mol. The van der Waals surface area contributed by atoms with Crippen molar-refractivity contribution in [3.8, 4) is 5.75 Å². The Morgan fingerprint density at radius 2 is 1.92 bits per heavy atom. The number of carbonyl (C=O) groups excluding carboxylic acids is 2. The van der Waals surface area contributed by atoms with Crippen LogP contribution >= 0.6 is 11.6 Å². The van der Waals surface area contributed by atoms with E-state index in [4.69, 9.17) is 21.1 Å². The number of halogens is 1. The molecule has 0 heterocycles. The molecule has 0 radical (unpaired) electrons. The molecule has 1 aliphatic rings. The normalized spacial score (nSPS) is 14.4. The van der Waals surface area contributed by atoms with Gasteiger partial charge in [0.25, 0.3) is 5.91 Å². The third-order valence-corrected chi connectivity index (χ3v) is 4.26. The third kappa shape index (κ3) is 4.99. The van der Waals surface area contributed by atoms with Crippen LogP contribution in [0, 0.1) is 6.92 Å². The number of aryl methyl sites for hydroxylation is 1. The van der Waals surface area contributed by atoms with Crippen LogP contribution in [-0.4, -0.2) is 24.5 Å². The summed E-state index contributed by atoms with van der Waals surface area (Å²) in [6, 6.07) is 14.4. The highest BCUT2D eigenvalue weighted by Crippen LogP contribution is 2.26. The molecule has 0 aliphatic heterocycles. The monoisotopic (exact) mass is 373 g/mol. The largest absolute Gasteiger partial charge is 0.480 e. The highest BCUT2D eigenvalue weighted by molar-refractivity contribution is 6.32. The molecule has 2 aromatic carbocycles. The SMILES string of the molecule is Cc1ccc(Cl)c(OCC(=O)O[C@H](C(=O)NC2CC2)c2ccccc2)c1. The van der Waals surface area contributed by atoms with Crippen molar-refractivity contribution in [2.24, 2.45) is 0 Å². The van der Waals surface area contributed by atoms with Crippen molar-refractivity contribution in [1.29, 1.82) is 0 Å². The number of rotatable bonds is 7. The molecule has 6 heteroatoms. The first-order chi connectivity index (χ1) is 12.5. The van der Waals surface area contributed by atoms with Crippen LogP contribution in [0.2, 0.25) is 5.02 Å². The zero-order valence-electron chi connectivity index (χ0n) is 14.4. The fourth-order valence-corrected chi connectivity index (χ4v) is 2.60. The van der Waals surface area contributed by atoms with Crippen LogP contribution < -0.4 is 10.1 Å². The maximum absolute atomic E-state index is 12.5. The fourth-order valence-electron chi connectivity index (χ4n) is 2.43. The maximum atomic E-state index is 12.5. The number of ether oxygens (including phenoxy) is 2. The zero-order valence-corrected chi connectivity index (χ0v) is 15.2. The van der Waals surface area contributed by atoms with Gasteiger partial charge in [-0.05, 0) is 37.5 Å². The molecule has 2 aromatic rings. The quantitative estimate of drug-likeness (QED) is 0.753. The Bertz CT molecular complexity index is 790. The van der Waals surface area contributed by atoms with Gasteiger partial charge >= 0.3 is 5.97 Å². The minimum absolute atomic E-state index is 0.176. The number of amides is 1. The zero-order chi connectivity index (χ0) is 18.5. The smallest absolute Gasteiger partial charge is 0.345 e. The minimum Gasteiger partial charge on any atom is -0.480 e. The van der Waals surface area contributed by atoms with Crippen LogP contribution in [0.3, 0.4) is 0 Å². The number of esters is 1. The topological polar surface area (TPSA) is 64.6 Å². The van der Waals surface area contributed by atoms with Crippen molar-refractivity contribution < 1.29 is 19.1 Å². The lowest BCUT2D eigenvalue weighted by atomic mass is 10.1. The lowest BCUT2D eigenvalue weighted by molar-refractivity contribution is -0.158. The Hall–Kier alpha value is -2.53. The molecule has 0 unspecified atom stereocenters. The standard InChI is InChI=1S/C20H20ClNO4/c1-13-7-10-16(21)17(11-13)25-12-18(23)26-19(14-5-3-2-4-6-14)20(24)22-15-8-9-15/h2-7,10-11,15,19H,8-9,12H2,1H3,(H,22,24)/t19-/m0/s1. The molecule has 136 valence electrons. The molecule has 0 aromatic heterocycles. The van der Waals surface area contributed by atoms with E-state index in [9.17, 15) is 9.59 Å². The Balaban J connectivity index is 1.64. The second kappa shape index (κ2) is 8.23. The van der Waals surface area contributed by atoms with Crippen molar-refractivity contribution in [3.05, 3.63) is 64.7 Å². The van der Waals surface area contributed by atoms with Crippen molar-refractivity contribution in [1.82, 2.24) is 5.32 Å². The summed E-state index contributed by atoms with van der Waals surface area (Å²) in [6.07, 6.45) is 0.910. The average Bonchev–Trinajstić information content (AvgIpc) is 3.45. The van der Waals surface area contributed by atoms with Gasteiger partial charge in [0.05, 0.1) is 5.02 Å². The van der Waals surface area contributed by atoms with Crippen LogP contribution in [0.25, 0.3) is 0 Å². The molecule has 26 heavy (non-hydrogen) atoms. The summed E-state index contributed by atoms with van der Waals surface area (Å²) in [4.78, 5) is 24.7. The van der Waals surface area contributed by atoms with E-state index in [1.165, 1.54) is 0 Å². The lowest BCUT2D eigenvalue weighted by Gasteiger charge is -2.18. The van der Waals surface area contributed by atoms with E-state index in [2.05, 4.69) is 5.32 Å². The van der Waals surface area contributed by atoms with Crippen molar-refractivity contribution in [3.63, 3.8) is 0 Å². The van der Waals surface area contributed by atoms with Crippen LogP contribution in [0.1, 0.15) is 30.1 Å². The van der Waals surface area contributed by atoms with E-state index >= 15 is 0 Å². The second-order valence-electron chi connectivity index (χ2n) is 6.29. The minimum atomic E-state index is -0.999. The maximum Gasteiger partial charge on any atom is 0.345 e. The molecule has 0 spiro atoms. The van der Waals surface area contributed by atoms with Gasteiger partial charge in [-0.25, -0.2) is 4.79 Å². The summed E-state index contributed by atoms with van der Waals surface area (Å²) < 4.78 is 10.9. The Kier molecular flexibility index (Phi) is 5.78. The summed E-state index contributed by atoms with van der Waals surface area (Å²) in [5.74, 6) is -0.551. The highest BCUT2D eigenvalue weighted by atomic mass is 35.5. The first-order valence-electron chi connectivity index (χ1n) is 8.46. The first-order valence-corrected chi connectivity index (χ1v) is 8.84. The van der Waals surface area contributed by atoms with Crippen molar-refractivity contribution in [2.75, 3.05) is 6.61 Å². The number of carbonyl (C=O) groups is 2. The summed E-state index contributed by atoms with van der Waals surface area (Å²) in [6.45, 7) is 1.57. The van der Waals surface area contributed by atoms with Crippen molar-refractivity contribution >= 4 is 23.5 Å². The lowest BCUT2D eigenvalue weighted by Crippen LogP contribution is -2.34. The molecule has 1 amide bonds. The summed E-state index contributed by atoms with van der Waals surface area (Å²) in [5.41, 5.74) is 1.58. The van der Waals surface area contributed by atoms with E-state index in [1.54, 1.807) is 36.4 Å². The highest BCUT2D eigenvalue weighted by Gasteiger charge is 2.30. The van der Waals surface area contributed by atoms with Crippen molar-refractivity contribution in [2.45, 2.75) is 31.9 Å². The molecule has 5 nitrogen and oxygen atoms in total. The van der Waals surface area contributed by atoms with E-state index < -0.39 is 12.1 Å². The van der Waals surface area contributed by atoms with Crippen LogP contribution in [-0.2, 0) is 14.3 Å². The molecule has 1 fully saturated rings. The van der Waals surface area contributed by atoms with Crippen LogP contribution in [0.15, 0.2) is 48.5 Å². The van der Waals surface area contributed by atoms with Gasteiger partial charge in [-0.2, -0.15) is 0 Å². The van der Waals surface area contributed by atoms with E-state index in [0.717, 1.165) is 18.4 Å². The van der Waals surface area contributed by atoms with Gasteiger partial charge in [0.2, 0.25) is 6.10 Å². The summed E-state index contributed by atoms with van der Waals surface area (Å²) in [5, 5.41) is 3.28. The third-order valence-electron chi connectivity index (χ3n) is 3.95. The van der Waals surface area contributed by atoms with Crippen LogP contribution in [0.5, 0.6) is 5.75 Å². The molecular formula is C20H20ClNO4.